The number of carbonyl (C=O) groups is 1. The van der Waals surface area contributed by atoms with Gasteiger partial charge >= 0.3 is 0 Å². The van der Waals surface area contributed by atoms with Crippen molar-refractivity contribution >= 4 is 34.9 Å². The topological polar surface area (TPSA) is 93.6 Å². The van der Waals surface area contributed by atoms with E-state index in [4.69, 9.17) is 32.7 Å². The number of ether oxygens (including phenoxy) is 2. The van der Waals surface area contributed by atoms with Crippen LogP contribution in [0.4, 0.5) is 5.82 Å². The van der Waals surface area contributed by atoms with E-state index < -0.39 is 5.91 Å². The summed E-state index contributed by atoms with van der Waals surface area (Å²) < 4.78 is 10.5. The van der Waals surface area contributed by atoms with E-state index in [1.807, 2.05) is 26.0 Å². The van der Waals surface area contributed by atoms with Gasteiger partial charge < -0.3 is 19.9 Å². The van der Waals surface area contributed by atoms with Gasteiger partial charge in [0.25, 0.3) is 5.91 Å². The Hall–Kier alpha value is -3.03. The number of phenols is 1. The van der Waals surface area contributed by atoms with Crippen LogP contribution in [0, 0.1) is 0 Å². The lowest BCUT2D eigenvalue weighted by molar-refractivity contribution is -0.118. The van der Waals surface area contributed by atoms with Crippen LogP contribution in [0.3, 0.4) is 0 Å². The Labute approximate surface area is 196 Å². The van der Waals surface area contributed by atoms with Crippen molar-refractivity contribution in [2.24, 2.45) is 0 Å². The number of nitrogens with zero attached hydrogens (tertiary/aromatic N) is 2. The number of aromatic hydroxyl groups is 1. The van der Waals surface area contributed by atoms with Crippen LogP contribution in [0.25, 0.3) is 0 Å². The Balaban J connectivity index is 1.65. The maximum absolute atomic E-state index is 12.1. The van der Waals surface area contributed by atoms with Crippen molar-refractivity contribution in [2.75, 3.05) is 19.0 Å². The standard InChI is InChI=1S/C23H23Cl2N3O4/c1-13(2)16-6-14(4-5-20(16)29)7-17-18(24)8-15(9-19(17)25)32-12-22(30)28-21-10-27-23(31-3)11-26-21/h4-6,8-11,13,29H,7,12H2,1-3H3,(H,26,28,30). The summed E-state index contributed by atoms with van der Waals surface area (Å²) in [5.41, 5.74) is 2.57. The molecule has 0 radical (unpaired) electrons. The van der Waals surface area contributed by atoms with Gasteiger partial charge in [0.2, 0.25) is 5.88 Å². The Bertz CT molecular complexity index is 1080. The van der Waals surface area contributed by atoms with Gasteiger partial charge in [0.1, 0.15) is 11.5 Å². The fourth-order valence-electron chi connectivity index (χ4n) is 3.03. The van der Waals surface area contributed by atoms with Crippen LogP contribution in [0.1, 0.15) is 36.5 Å². The molecule has 0 atom stereocenters. The van der Waals surface area contributed by atoms with Crippen molar-refractivity contribution in [3.05, 3.63) is 69.5 Å². The molecule has 2 N–H and O–H groups in total. The van der Waals surface area contributed by atoms with Crippen molar-refractivity contribution in [1.82, 2.24) is 9.97 Å². The number of nitrogens with one attached hydrogen (secondary N) is 1. The summed E-state index contributed by atoms with van der Waals surface area (Å²) in [6.45, 7) is 3.78. The zero-order valence-corrected chi connectivity index (χ0v) is 19.4. The number of benzene rings is 2. The number of rotatable bonds is 8. The first-order valence-electron chi connectivity index (χ1n) is 9.85. The van der Waals surface area contributed by atoms with E-state index in [-0.39, 0.29) is 24.1 Å². The molecule has 1 aromatic heterocycles. The van der Waals surface area contributed by atoms with Gasteiger partial charge in [-0.2, -0.15) is 0 Å². The summed E-state index contributed by atoms with van der Waals surface area (Å²) in [7, 11) is 1.48. The second kappa shape index (κ2) is 10.5. The third-order valence-electron chi connectivity index (χ3n) is 4.68. The van der Waals surface area contributed by atoms with Gasteiger partial charge in [0.15, 0.2) is 12.4 Å². The number of hydrogen-bond acceptors (Lipinski definition) is 6. The van der Waals surface area contributed by atoms with Crippen molar-refractivity contribution in [2.45, 2.75) is 26.2 Å². The molecule has 32 heavy (non-hydrogen) atoms. The van der Waals surface area contributed by atoms with E-state index in [1.165, 1.54) is 19.5 Å². The second-order valence-electron chi connectivity index (χ2n) is 7.37. The van der Waals surface area contributed by atoms with Crippen LogP contribution in [-0.2, 0) is 11.2 Å². The predicted octanol–water partition coefficient (Wildman–Crippen LogP) is 5.23. The van der Waals surface area contributed by atoms with E-state index in [2.05, 4.69) is 15.3 Å². The SMILES string of the molecule is COc1cnc(NC(=O)COc2cc(Cl)c(Cc3ccc(O)c(C(C)C)c3)c(Cl)c2)cn1. The minimum atomic E-state index is -0.411. The highest BCUT2D eigenvalue weighted by molar-refractivity contribution is 6.36. The molecule has 3 aromatic rings. The molecule has 0 bridgehead atoms. The van der Waals surface area contributed by atoms with E-state index in [1.54, 1.807) is 18.2 Å². The smallest absolute Gasteiger partial charge is 0.263 e. The maximum atomic E-state index is 12.1. The van der Waals surface area contributed by atoms with Crippen LogP contribution in [-0.4, -0.2) is 34.7 Å². The average molecular weight is 476 g/mol. The molecule has 1 amide bonds. The van der Waals surface area contributed by atoms with Crippen LogP contribution in [0.5, 0.6) is 17.4 Å². The van der Waals surface area contributed by atoms with Crippen LogP contribution in [0.2, 0.25) is 10.0 Å². The molecule has 0 saturated heterocycles. The van der Waals surface area contributed by atoms with E-state index in [0.29, 0.717) is 28.1 Å². The molecule has 0 aliphatic carbocycles. The molecular weight excluding hydrogens is 453 g/mol. The minimum Gasteiger partial charge on any atom is -0.508 e. The Morgan fingerprint density at radius 1 is 1.12 bits per heavy atom. The van der Waals surface area contributed by atoms with Crippen LogP contribution in [0.15, 0.2) is 42.7 Å². The number of carbonyl (C=O) groups excluding carboxylic acids is 1. The van der Waals surface area contributed by atoms with Gasteiger partial charge in [-0.25, -0.2) is 9.97 Å². The summed E-state index contributed by atoms with van der Waals surface area (Å²) in [5.74, 6) is 1.03. The lowest BCUT2D eigenvalue weighted by Gasteiger charge is -2.14. The molecule has 1 heterocycles. The van der Waals surface area contributed by atoms with Crippen LogP contribution < -0.4 is 14.8 Å². The number of amides is 1. The summed E-state index contributed by atoms with van der Waals surface area (Å²) >= 11 is 12.9. The highest BCUT2D eigenvalue weighted by Crippen LogP contribution is 2.34. The first-order valence-corrected chi connectivity index (χ1v) is 10.6. The van der Waals surface area contributed by atoms with Gasteiger partial charge in [-0.1, -0.05) is 49.2 Å². The Morgan fingerprint density at radius 3 is 2.44 bits per heavy atom. The average Bonchev–Trinajstić information content (AvgIpc) is 2.76. The molecule has 9 heteroatoms. The normalized spacial score (nSPS) is 10.8. The molecule has 168 valence electrons. The Morgan fingerprint density at radius 2 is 1.84 bits per heavy atom. The van der Waals surface area contributed by atoms with Crippen molar-refractivity contribution in [1.29, 1.82) is 0 Å². The number of phenolic OH excluding ortho intramolecular Hbond substituents is 1. The lowest BCUT2D eigenvalue weighted by atomic mass is 9.96. The molecule has 0 aliphatic rings. The number of hydrogen-bond donors (Lipinski definition) is 2. The third kappa shape index (κ3) is 6.02. The fraction of sp³-hybridized carbons (Fsp3) is 0.261. The predicted molar refractivity (Wildman–Crippen MR) is 124 cm³/mol. The van der Waals surface area contributed by atoms with Gasteiger partial charge in [-0.05, 0) is 40.8 Å². The first kappa shape index (κ1) is 23.6. The molecule has 0 aliphatic heterocycles. The summed E-state index contributed by atoms with van der Waals surface area (Å²) in [4.78, 5) is 20.1. The Kier molecular flexibility index (Phi) is 7.77. The van der Waals surface area contributed by atoms with Crippen molar-refractivity contribution in [3.63, 3.8) is 0 Å². The highest BCUT2D eigenvalue weighted by Gasteiger charge is 2.14. The third-order valence-corrected chi connectivity index (χ3v) is 5.36. The zero-order valence-electron chi connectivity index (χ0n) is 17.9. The molecule has 0 spiro atoms. The zero-order chi connectivity index (χ0) is 23.3. The fourth-order valence-corrected chi connectivity index (χ4v) is 3.63. The second-order valence-corrected chi connectivity index (χ2v) is 8.19. The molecule has 3 rings (SSSR count). The van der Waals surface area contributed by atoms with Crippen molar-refractivity contribution < 1.29 is 19.4 Å². The van der Waals surface area contributed by atoms with E-state index in [0.717, 1.165) is 16.7 Å². The number of aromatic nitrogens is 2. The largest absolute Gasteiger partial charge is 0.508 e. The quantitative estimate of drug-likeness (QED) is 0.463. The van der Waals surface area contributed by atoms with Crippen LogP contribution >= 0.6 is 23.2 Å². The van der Waals surface area contributed by atoms with Gasteiger partial charge in [-0.3, -0.25) is 4.79 Å². The number of methoxy groups -OCH3 is 1. The number of halogens is 2. The lowest BCUT2D eigenvalue weighted by Crippen LogP contribution is -2.21. The molecule has 7 nitrogen and oxygen atoms in total. The van der Waals surface area contributed by atoms with Crippen molar-refractivity contribution in [3.8, 4) is 17.4 Å². The van der Waals surface area contributed by atoms with E-state index >= 15 is 0 Å². The molecule has 0 unspecified atom stereocenters. The van der Waals surface area contributed by atoms with Gasteiger partial charge in [0, 0.05) is 16.5 Å². The minimum absolute atomic E-state index is 0.187. The van der Waals surface area contributed by atoms with E-state index in [9.17, 15) is 9.90 Å². The highest BCUT2D eigenvalue weighted by atomic mass is 35.5. The first-order chi connectivity index (χ1) is 15.3. The molecule has 2 aromatic carbocycles. The molecule has 0 saturated carbocycles. The summed E-state index contributed by atoms with van der Waals surface area (Å²) in [5, 5.41) is 13.4. The molecular formula is C23H23Cl2N3O4. The van der Waals surface area contributed by atoms with Gasteiger partial charge in [0.05, 0.1) is 19.5 Å². The monoisotopic (exact) mass is 475 g/mol. The van der Waals surface area contributed by atoms with Gasteiger partial charge in [-0.15, -0.1) is 0 Å². The summed E-state index contributed by atoms with van der Waals surface area (Å²) in [6, 6.07) is 8.70. The molecule has 0 fully saturated rings. The number of anilines is 1. The summed E-state index contributed by atoms with van der Waals surface area (Å²) in [6.07, 6.45) is 3.27. The maximum Gasteiger partial charge on any atom is 0.263 e.